The molecule has 6 heteroatoms. The van der Waals surface area contributed by atoms with Gasteiger partial charge in [0.05, 0.1) is 5.54 Å². The highest BCUT2D eigenvalue weighted by molar-refractivity contribution is 5.85. The largest absolute Gasteiger partial charge is 0.347 e. The lowest BCUT2D eigenvalue weighted by Crippen LogP contribution is -2.43. The van der Waals surface area contributed by atoms with Crippen molar-refractivity contribution in [1.29, 1.82) is 0 Å². The van der Waals surface area contributed by atoms with Crippen molar-refractivity contribution < 1.29 is 13.6 Å². The third-order valence-electron chi connectivity index (χ3n) is 5.18. The van der Waals surface area contributed by atoms with E-state index in [2.05, 4.69) is 10.6 Å². The average Bonchev–Trinajstić information content (AvgIpc) is 3.15. The molecule has 1 saturated heterocycles. The van der Waals surface area contributed by atoms with E-state index < -0.39 is 17.2 Å². The van der Waals surface area contributed by atoms with Gasteiger partial charge in [0.2, 0.25) is 5.91 Å². The predicted octanol–water partition coefficient (Wildman–Crippen LogP) is 3.13. The van der Waals surface area contributed by atoms with E-state index in [4.69, 9.17) is 0 Å². The molecule has 1 aromatic carbocycles. The van der Waals surface area contributed by atoms with Gasteiger partial charge in [-0.25, -0.2) is 8.78 Å². The SMILES string of the molecule is CC(C)(NC(=O)C1CC12CCNCC2)c1ccc(F)c(F)c1.Cl. The molecule has 0 radical (unpaired) electrons. The van der Waals surface area contributed by atoms with Gasteiger partial charge in [0, 0.05) is 5.92 Å². The molecule has 2 N–H and O–H groups in total. The Kier molecular flexibility index (Phi) is 5.02. The molecule has 1 spiro atoms. The Morgan fingerprint density at radius 2 is 1.91 bits per heavy atom. The van der Waals surface area contributed by atoms with Crippen molar-refractivity contribution in [1.82, 2.24) is 10.6 Å². The lowest BCUT2D eigenvalue weighted by atomic mass is 9.90. The van der Waals surface area contributed by atoms with Gasteiger partial charge in [0.1, 0.15) is 0 Å². The molecule has 0 aromatic heterocycles. The van der Waals surface area contributed by atoms with Gasteiger partial charge in [0.15, 0.2) is 11.6 Å². The summed E-state index contributed by atoms with van der Waals surface area (Å²) in [6.45, 7) is 5.57. The van der Waals surface area contributed by atoms with E-state index in [1.807, 2.05) is 13.8 Å². The Morgan fingerprint density at radius 1 is 1.26 bits per heavy atom. The van der Waals surface area contributed by atoms with Gasteiger partial charge in [-0.1, -0.05) is 6.07 Å². The molecule has 1 amide bonds. The molecule has 1 atom stereocenters. The Balaban J connectivity index is 0.00000192. The molecule has 128 valence electrons. The van der Waals surface area contributed by atoms with Crippen molar-refractivity contribution in [3.05, 3.63) is 35.4 Å². The first-order valence-corrected chi connectivity index (χ1v) is 7.82. The molecular formula is C17H23ClF2N2O. The van der Waals surface area contributed by atoms with Crippen LogP contribution in [0.1, 0.15) is 38.7 Å². The standard InChI is InChI=1S/C17H22F2N2O.ClH/c1-16(2,11-3-4-13(18)14(19)9-11)21-15(22)12-10-17(12)5-7-20-8-6-17;/h3-4,9,12,20H,5-8,10H2,1-2H3,(H,21,22);1H. The summed E-state index contributed by atoms with van der Waals surface area (Å²) in [6.07, 6.45) is 3.02. The first-order chi connectivity index (χ1) is 10.3. The Morgan fingerprint density at radius 3 is 2.52 bits per heavy atom. The molecule has 3 rings (SSSR count). The molecule has 23 heavy (non-hydrogen) atoms. The van der Waals surface area contributed by atoms with Crippen molar-refractivity contribution in [2.24, 2.45) is 11.3 Å². The Bertz CT molecular complexity index is 600. The zero-order valence-corrected chi connectivity index (χ0v) is 14.2. The average molecular weight is 345 g/mol. The molecule has 1 aromatic rings. The number of piperidine rings is 1. The normalized spacial score (nSPS) is 22.3. The van der Waals surface area contributed by atoms with Gasteiger partial charge in [-0.15, -0.1) is 12.4 Å². The van der Waals surface area contributed by atoms with Crippen LogP contribution in [-0.4, -0.2) is 19.0 Å². The molecule has 0 bridgehead atoms. The third kappa shape index (κ3) is 3.50. The fraction of sp³-hybridized carbons (Fsp3) is 0.588. The summed E-state index contributed by atoms with van der Waals surface area (Å²) in [6, 6.07) is 3.78. The van der Waals surface area contributed by atoms with E-state index in [0.717, 1.165) is 44.5 Å². The van der Waals surface area contributed by atoms with Crippen molar-refractivity contribution in [2.45, 2.75) is 38.6 Å². The zero-order valence-electron chi connectivity index (χ0n) is 13.4. The van der Waals surface area contributed by atoms with Crippen LogP contribution in [0, 0.1) is 23.0 Å². The number of hydrogen-bond donors (Lipinski definition) is 2. The van der Waals surface area contributed by atoms with Gasteiger partial charge in [-0.2, -0.15) is 0 Å². The van der Waals surface area contributed by atoms with Crippen molar-refractivity contribution in [3.63, 3.8) is 0 Å². The molecule has 3 nitrogen and oxygen atoms in total. The Hall–Kier alpha value is -1.20. The second-order valence-electron chi connectivity index (χ2n) is 7.11. The Labute approximate surface area is 141 Å². The van der Waals surface area contributed by atoms with Crippen molar-refractivity contribution in [3.8, 4) is 0 Å². The van der Waals surface area contributed by atoms with E-state index in [1.165, 1.54) is 6.07 Å². The first-order valence-electron chi connectivity index (χ1n) is 7.82. The molecular weight excluding hydrogens is 322 g/mol. The van der Waals surface area contributed by atoms with Crippen LogP contribution < -0.4 is 10.6 Å². The van der Waals surface area contributed by atoms with Gasteiger partial charge in [-0.05, 0) is 69.3 Å². The summed E-state index contributed by atoms with van der Waals surface area (Å²) < 4.78 is 26.5. The van der Waals surface area contributed by atoms with Crippen LogP contribution >= 0.6 is 12.4 Å². The van der Waals surface area contributed by atoms with Crippen LogP contribution in [0.2, 0.25) is 0 Å². The van der Waals surface area contributed by atoms with Gasteiger partial charge in [0.25, 0.3) is 0 Å². The highest BCUT2D eigenvalue weighted by Crippen LogP contribution is 2.58. The maximum atomic E-state index is 13.4. The molecule has 2 aliphatic rings. The molecule has 1 unspecified atom stereocenters. The van der Waals surface area contributed by atoms with E-state index >= 15 is 0 Å². The number of rotatable bonds is 3. The summed E-state index contributed by atoms with van der Waals surface area (Å²) >= 11 is 0. The first kappa shape index (κ1) is 18.1. The van der Waals surface area contributed by atoms with Crippen LogP contribution in [0.3, 0.4) is 0 Å². The molecule has 1 saturated carbocycles. The van der Waals surface area contributed by atoms with E-state index in [-0.39, 0.29) is 29.6 Å². The van der Waals surface area contributed by atoms with Gasteiger partial charge in [-0.3, -0.25) is 4.79 Å². The molecule has 1 aliphatic heterocycles. The number of amides is 1. The lowest BCUT2D eigenvalue weighted by molar-refractivity contribution is -0.125. The number of carbonyl (C=O) groups is 1. The topological polar surface area (TPSA) is 41.1 Å². The van der Waals surface area contributed by atoms with Gasteiger partial charge < -0.3 is 10.6 Å². The summed E-state index contributed by atoms with van der Waals surface area (Å²) in [5.74, 6) is -1.68. The minimum Gasteiger partial charge on any atom is -0.347 e. The summed E-state index contributed by atoms with van der Waals surface area (Å²) in [4.78, 5) is 12.5. The lowest BCUT2D eigenvalue weighted by Gasteiger charge is -2.29. The summed E-state index contributed by atoms with van der Waals surface area (Å²) in [7, 11) is 0. The molecule has 1 aliphatic carbocycles. The van der Waals surface area contributed by atoms with Crippen molar-refractivity contribution in [2.75, 3.05) is 13.1 Å². The number of carbonyl (C=O) groups excluding carboxylic acids is 1. The maximum Gasteiger partial charge on any atom is 0.224 e. The van der Waals surface area contributed by atoms with Crippen LogP contribution in [0.5, 0.6) is 0 Å². The smallest absolute Gasteiger partial charge is 0.224 e. The summed E-state index contributed by atoms with van der Waals surface area (Å²) in [5.41, 5.74) is 0.0154. The number of nitrogens with one attached hydrogen (secondary N) is 2. The zero-order chi connectivity index (χ0) is 16.0. The third-order valence-corrected chi connectivity index (χ3v) is 5.18. The van der Waals surface area contributed by atoms with Gasteiger partial charge >= 0.3 is 0 Å². The second kappa shape index (κ2) is 6.36. The second-order valence-corrected chi connectivity index (χ2v) is 7.11. The quantitative estimate of drug-likeness (QED) is 0.884. The molecule has 2 fully saturated rings. The highest BCUT2D eigenvalue weighted by atomic mass is 35.5. The number of hydrogen-bond acceptors (Lipinski definition) is 2. The fourth-order valence-corrected chi connectivity index (χ4v) is 3.55. The van der Waals surface area contributed by atoms with Crippen LogP contribution in [0.15, 0.2) is 18.2 Å². The van der Waals surface area contributed by atoms with E-state index in [1.54, 1.807) is 0 Å². The monoisotopic (exact) mass is 344 g/mol. The van der Waals surface area contributed by atoms with E-state index in [9.17, 15) is 13.6 Å². The van der Waals surface area contributed by atoms with Crippen LogP contribution in [0.4, 0.5) is 8.78 Å². The van der Waals surface area contributed by atoms with Crippen LogP contribution in [-0.2, 0) is 10.3 Å². The number of benzene rings is 1. The van der Waals surface area contributed by atoms with Crippen LogP contribution in [0.25, 0.3) is 0 Å². The van der Waals surface area contributed by atoms with E-state index in [0.29, 0.717) is 5.56 Å². The number of halogens is 3. The predicted molar refractivity (Wildman–Crippen MR) is 87.4 cm³/mol. The fourth-order valence-electron chi connectivity index (χ4n) is 3.55. The summed E-state index contributed by atoms with van der Waals surface area (Å²) in [5, 5.41) is 6.32. The minimum atomic E-state index is -0.888. The maximum absolute atomic E-state index is 13.4. The minimum absolute atomic E-state index is 0. The highest BCUT2D eigenvalue weighted by Gasteiger charge is 2.58. The van der Waals surface area contributed by atoms with Crippen molar-refractivity contribution >= 4 is 18.3 Å². The molecule has 1 heterocycles.